The molecule has 3 rings (SSSR count). The van der Waals surface area contributed by atoms with Crippen molar-refractivity contribution in [3.05, 3.63) is 71.7 Å². The molecule has 0 saturated heterocycles. The van der Waals surface area contributed by atoms with E-state index in [4.69, 9.17) is 0 Å². The first-order valence-electron chi connectivity index (χ1n) is 5.31. The zero-order valence-electron chi connectivity index (χ0n) is 8.82. The molecule has 2 heteroatoms. The van der Waals surface area contributed by atoms with Crippen molar-refractivity contribution in [2.45, 2.75) is 0 Å². The zero-order chi connectivity index (χ0) is 10.8. The summed E-state index contributed by atoms with van der Waals surface area (Å²) in [4.78, 5) is 0. The Kier molecular flexibility index (Phi) is 2.70. The molecule has 3 aromatic rings. The van der Waals surface area contributed by atoms with E-state index < -0.39 is 0 Å². The van der Waals surface area contributed by atoms with Gasteiger partial charge in [-0.15, -0.1) is 0 Å². The second-order valence-electron chi connectivity index (χ2n) is 3.67. The Morgan fingerprint density at radius 2 is 0.875 bits per heavy atom. The predicted molar refractivity (Wildman–Crippen MR) is 74.5 cm³/mol. The van der Waals surface area contributed by atoms with Gasteiger partial charge in [-0.1, -0.05) is 51.5 Å². The molecule has 0 nitrogen and oxygen atoms in total. The third-order valence-corrected chi connectivity index (χ3v) is 6.69. The van der Waals surface area contributed by atoms with E-state index in [-0.39, 0.29) is 15.1 Å². The van der Waals surface area contributed by atoms with Crippen LogP contribution in [0.4, 0.5) is 0 Å². The van der Waals surface area contributed by atoms with Gasteiger partial charge in [0.1, 0.15) is 0 Å². The second-order valence-corrected chi connectivity index (χ2v) is 7.45. The largest absolute Gasteiger partial charge is 0.0925 e. The van der Waals surface area contributed by atoms with Crippen LogP contribution in [-0.2, 0) is 0 Å². The molecule has 2 heterocycles. The van der Waals surface area contributed by atoms with Crippen molar-refractivity contribution in [1.82, 2.24) is 0 Å². The lowest BCUT2D eigenvalue weighted by Crippen LogP contribution is -1.69. The lowest BCUT2D eigenvalue weighted by molar-refractivity contribution is 1.80. The highest BCUT2D eigenvalue weighted by Crippen LogP contribution is 2.51. The summed E-state index contributed by atoms with van der Waals surface area (Å²) in [5.41, 5.74) is 0. The summed E-state index contributed by atoms with van der Waals surface area (Å²) in [7, 11) is -0.380. The van der Waals surface area contributed by atoms with Crippen LogP contribution in [0, 0.1) is 0 Å². The maximum atomic E-state index is 2.33. The van der Waals surface area contributed by atoms with Crippen molar-refractivity contribution in [2.75, 3.05) is 0 Å². The Hall–Kier alpha value is -1.22. The van der Waals surface area contributed by atoms with Crippen LogP contribution in [0.15, 0.2) is 71.7 Å². The van der Waals surface area contributed by atoms with Gasteiger partial charge in [-0.05, 0) is 35.3 Å². The third-order valence-electron chi connectivity index (χ3n) is 2.65. The summed E-state index contributed by atoms with van der Waals surface area (Å²) in [6, 6.07) is 17.5. The normalized spacial score (nSPS) is 10.5. The molecule has 0 N–H and O–H groups in total. The average molecular weight is 242 g/mol. The minimum atomic E-state index is -0.190. The average Bonchev–Trinajstić information content (AvgIpc) is 3.03. The number of hydrogen-bond donors (Lipinski definition) is 0. The predicted octanol–water partition coefficient (Wildman–Crippen LogP) is 5.64. The van der Waals surface area contributed by atoms with E-state index in [9.17, 15) is 0 Å². The molecule has 0 bridgehead atoms. The van der Waals surface area contributed by atoms with Crippen molar-refractivity contribution >= 4 is 15.1 Å². The molecule has 78 valence electrons. The molecule has 0 unspecified atom stereocenters. The van der Waals surface area contributed by atoms with E-state index in [1.54, 1.807) is 0 Å². The van der Waals surface area contributed by atoms with Gasteiger partial charge in [0.25, 0.3) is 0 Å². The first-order chi connectivity index (χ1) is 7.95. The quantitative estimate of drug-likeness (QED) is 0.545. The fourth-order valence-electron chi connectivity index (χ4n) is 1.89. The van der Waals surface area contributed by atoms with E-state index in [0.29, 0.717) is 0 Å². The molecule has 0 aliphatic heterocycles. The van der Waals surface area contributed by atoms with E-state index in [1.165, 1.54) is 10.6 Å². The molecule has 0 fully saturated rings. The number of hydrogen-bond acceptors (Lipinski definition) is 0. The van der Waals surface area contributed by atoms with Crippen molar-refractivity contribution < 1.29 is 0 Å². The zero-order valence-corrected chi connectivity index (χ0v) is 10.6. The van der Waals surface area contributed by atoms with Crippen LogP contribution in [0.2, 0.25) is 0 Å². The fraction of sp³-hybridized carbons (Fsp3) is 0. The van der Waals surface area contributed by atoms with Gasteiger partial charge in [0.15, 0.2) is 0 Å². The highest BCUT2D eigenvalue weighted by atomic mass is 31.1. The van der Waals surface area contributed by atoms with Gasteiger partial charge >= 0.3 is 0 Å². The van der Waals surface area contributed by atoms with Crippen LogP contribution in [0.1, 0.15) is 0 Å². The highest BCUT2D eigenvalue weighted by Gasteiger charge is 2.05. The maximum Gasteiger partial charge on any atom is 0.00934 e. The Morgan fingerprint density at radius 1 is 0.500 bits per heavy atom. The molecular formula is C14H12P2. The molecule has 0 atom stereocenters. The van der Waals surface area contributed by atoms with Gasteiger partial charge < -0.3 is 0 Å². The van der Waals surface area contributed by atoms with E-state index in [1.807, 2.05) is 0 Å². The van der Waals surface area contributed by atoms with Gasteiger partial charge in [0.05, 0.1) is 0 Å². The summed E-state index contributed by atoms with van der Waals surface area (Å²) in [5, 5.41) is 3.04. The topological polar surface area (TPSA) is 0 Å². The lowest BCUT2D eigenvalue weighted by atomic mass is 10.4. The standard InChI is InChI=1S/C14H12P2/c1-2-8-14(16-11-5-6-12-16)13(7-1)15-9-3-4-10-15/h1-12H. The molecular weight excluding hydrogens is 230 g/mol. The Bertz CT molecular complexity index is 509. The summed E-state index contributed by atoms with van der Waals surface area (Å²) in [5.74, 6) is 9.31. The summed E-state index contributed by atoms with van der Waals surface area (Å²) >= 11 is 0. The Balaban J connectivity index is 2.19. The van der Waals surface area contributed by atoms with Crippen LogP contribution in [-0.4, -0.2) is 0 Å². The molecule has 16 heavy (non-hydrogen) atoms. The molecule has 1 aromatic carbocycles. The van der Waals surface area contributed by atoms with Crippen molar-refractivity contribution in [1.29, 1.82) is 0 Å². The van der Waals surface area contributed by atoms with Gasteiger partial charge in [-0.25, -0.2) is 0 Å². The lowest BCUT2D eigenvalue weighted by Gasteiger charge is -2.07. The van der Waals surface area contributed by atoms with E-state index in [0.717, 1.165) is 0 Å². The smallest absolute Gasteiger partial charge is 0.00934 e. The second kappa shape index (κ2) is 4.34. The maximum absolute atomic E-state index is 2.33. The van der Waals surface area contributed by atoms with Crippen molar-refractivity contribution in [3.63, 3.8) is 0 Å². The van der Waals surface area contributed by atoms with Crippen molar-refractivity contribution in [3.8, 4) is 10.6 Å². The summed E-state index contributed by atoms with van der Waals surface area (Å²) in [6.45, 7) is 0. The highest BCUT2D eigenvalue weighted by molar-refractivity contribution is 7.62. The van der Waals surface area contributed by atoms with Gasteiger partial charge in [-0.3, -0.25) is 0 Å². The van der Waals surface area contributed by atoms with Crippen LogP contribution in [0.25, 0.3) is 10.6 Å². The SMILES string of the molecule is c1ccc(-p2cccc2)c(-p2cccc2)c1. The molecule has 0 radical (unpaired) electrons. The Morgan fingerprint density at radius 3 is 1.25 bits per heavy atom. The van der Waals surface area contributed by atoms with Gasteiger partial charge in [0, 0.05) is 10.6 Å². The molecule has 0 spiro atoms. The van der Waals surface area contributed by atoms with Crippen molar-refractivity contribution in [2.24, 2.45) is 0 Å². The summed E-state index contributed by atoms with van der Waals surface area (Å²) < 4.78 is 0. The summed E-state index contributed by atoms with van der Waals surface area (Å²) in [6.07, 6.45) is 0. The minimum absolute atomic E-state index is 0.190. The minimum Gasteiger partial charge on any atom is -0.0925 e. The van der Waals surface area contributed by atoms with Crippen LogP contribution in [0.3, 0.4) is 0 Å². The third kappa shape index (κ3) is 1.76. The van der Waals surface area contributed by atoms with Crippen LogP contribution < -0.4 is 0 Å². The molecule has 2 aromatic heterocycles. The van der Waals surface area contributed by atoms with Crippen LogP contribution >= 0.6 is 15.1 Å². The first kappa shape index (κ1) is 9.97. The molecule has 0 aliphatic carbocycles. The molecule has 0 saturated carbocycles. The monoisotopic (exact) mass is 242 g/mol. The van der Waals surface area contributed by atoms with E-state index >= 15 is 0 Å². The number of rotatable bonds is 2. The molecule has 0 aliphatic rings. The fourth-order valence-corrected chi connectivity index (χ4v) is 5.76. The van der Waals surface area contributed by atoms with Crippen LogP contribution in [0.5, 0.6) is 0 Å². The number of benzene rings is 1. The first-order valence-corrected chi connectivity index (χ1v) is 8.27. The van der Waals surface area contributed by atoms with Gasteiger partial charge in [0.2, 0.25) is 0 Å². The molecule has 0 amide bonds. The Labute approximate surface area is 97.7 Å². The van der Waals surface area contributed by atoms with Gasteiger partial charge in [-0.2, -0.15) is 0 Å². The van der Waals surface area contributed by atoms with E-state index in [2.05, 4.69) is 71.7 Å².